The molecule has 1 atom stereocenters. The Hall–Kier alpha value is -0.860. The van der Waals surface area contributed by atoms with E-state index < -0.39 is 0 Å². The standard InChI is InChI=1S/C10H15NO/c1-7-4-8(2)6-10(5-7)9(3)11-12/h4-6,9,11-12H,1-3H3. The number of nitrogens with one attached hydrogen (secondary N) is 1. The van der Waals surface area contributed by atoms with Gasteiger partial charge in [-0.2, -0.15) is 5.48 Å². The first kappa shape index (κ1) is 9.23. The third-order valence-electron chi connectivity index (χ3n) is 1.94. The van der Waals surface area contributed by atoms with E-state index in [9.17, 15) is 0 Å². The second-order valence-electron chi connectivity index (χ2n) is 3.27. The molecule has 0 aliphatic heterocycles. The molecule has 1 aromatic carbocycles. The Morgan fingerprint density at radius 2 is 1.67 bits per heavy atom. The summed E-state index contributed by atoms with van der Waals surface area (Å²) in [7, 11) is 0. The van der Waals surface area contributed by atoms with Crippen LogP contribution in [-0.2, 0) is 0 Å². The molecule has 0 amide bonds. The molecule has 0 saturated carbocycles. The zero-order valence-electron chi connectivity index (χ0n) is 7.76. The average molecular weight is 165 g/mol. The van der Waals surface area contributed by atoms with Gasteiger partial charge in [-0.25, -0.2) is 0 Å². The summed E-state index contributed by atoms with van der Waals surface area (Å²) in [6.45, 7) is 6.04. The van der Waals surface area contributed by atoms with Crippen LogP contribution in [0.5, 0.6) is 0 Å². The summed E-state index contributed by atoms with van der Waals surface area (Å²) < 4.78 is 0. The second-order valence-corrected chi connectivity index (χ2v) is 3.27. The van der Waals surface area contributed by atoms with Crippen molar-refractivity contribution in [3.63, 3.8) is 0 Å². The minimum Gasteiger partial charge on any atom is -0.316 e. The largest absolute Gasteiger partial charge is 0.316 e. The average Bonchev–Trinajstić information content (AvgIpc) is 2.01. The quantitative estimate of drug-likeness (QED) is 0.659. The van der Waals surface area contributed by atoms with Crippen molar-refractivity contribution >= 4 is 0 Å². The summed E-state index contributed by atoms with van der Waals surface area (Å²) >= 11 is 0. The van der Waals surface area contributed by atoms with Gasteiger partial charge in [0.05, 0.1) is 6.04 Å². The number of hydrogen-bond donors (Lipinski definition) is 2. The third kappa shape index (κ3) is 2.06. The van der Waals surface area contributed by atoms with Gasteiger partial charge in [-0.05, 0) is 26.3 Å². The summed E-state index contributed by atoms with van der Waals surface area (Å²) in [4.78, 5) is 0. The van der Waals surface area contributed by atoms with Gasteiger partial charge >= 0.3 is 0 Å². The van der Waals surface area contributed by atoms with Gasteiger partial charge in [0.15, 0.2) is 0 Å². The highest BCUT2D eigenvalue weighted by Gasteiger charge is 2.03. The molecule has 2 heteroatoms. The molecule has 0 aliphatic carbocycles. The van der Waals surface area contributed by atoms with Crippen molar-refractivity contribution in [1.29, 1.82) is 0 Å². The SMILES string of the molecule is Cc1cc(C)cc(C(C)NO)c1. The normalized spacial score (nSPS) is 13.0. The van der Waals surface area contributed by atoms with Crippen LogP contribution in [0.3, 0.4) is 0 Å². The Bertz CT molecular complexity index is 250. The lowest BCUT2D eigenvalue weighted by atomic mass is 10.0. The number of rotatable bonds is 2. The molecule has 12 heavy (non-hydrogen) atoms. The van der Waals surface area contributed by atoms with E-state index in [1.807, 2.05) is 6.92 Å². The topological polar surface area (TPSA) is 32.3 Å². The molecule has 0 fully saturated rings. The summed E-state index contributed by atoms with van der Waals surface area (Å²) in [5.74, 6) is 0. The molecule has 2 N–H and O–H groups in total. The predicted molar refractivity (Wildman–Crippen MR) is 49.3 cm³/mol. The molecule has 1 rings (SSSR count). The Morgan fingerprint density at radius 1 is 1.17 bits per heavy atom. The number of benzene rings is 1. The van der Waals surface area contributed by atoms with Gasteiger partial charge in [-0.1, -0.05) is 29.3 Å². The highest BCUT2D eigenvalue weighted by atomic mass is 16.5. The molecule has 0 bridgehead atoms. The number of hydrogen-bond acceptors (Lipinski definition) is 2. The molecule has 2 nitrogen and oxygen atoms in total. The lowest BCUT2D eigenvalue weighted by Gasteiger charge is -2.10. The Balaban J connectivity index is 3.00. The van der Waals surface area contributed by atoms with Gasteiger partial charge in [0, 0.05) is 0 Å². The summed E-state index contributed by atoms with van der Waals surface area (Å²) in [5.41, 5.74) is 5.81. The van der Waals surface area contributed by atoms with Crippen molar-refractivity contribution in [1.82, 2.24) is 5.48 Å². The van der Waals surface area contributed by atoms with E-state index in [-0.39, 0.29) is 6.04 Å². The van der Waals surface area contributed by atoms with Crippen LogP contribution in [-0.4, -0.2) is 5.21 Å². The van der Waals surface area contributed by atoms with Crippen molar-refractivity contribution in [3.8, 4) is 0 Å². The lowest BCUT2D eigenvalue weighted by molar-refractivity contribution is 0.133. The minimum atomic E-state index is 0.00333. The van der Waals surface area contributed by atoms with Crippen LogP contribution in [0.25, 0.3) is 0 Å². The van der Waals surface area contributed by atoms with Crippen molar-refractivity contribution < 1.29 is 5.21 Å². The van der Waals surface area contributed by atoms with Crippen LogP contribution < -0.4 is 5.48 Å². The summed E-state index contributed by atoms with van der Waals surface area (Å²) in [5, 5.41) is 8.72. The third-order valence-corrected chi connectivity index (χ3v) is 1.94. The molecule has 1 aromatic rings. The smallest absolute Gasteiger partial charge is 0.0540 e. The molecule has 0 aromatic heterocycles. The van der Waals surface area contributed by atoms with Crippen LogP contribution in [0, 0.1) is 13.8 Å². The number of hydroxylamine groups is 1. The molecule has 0 saturated heterocycles. The van der Waals surface area contributed by atoms with Crippen molar-refractivity contribution in [2.45, 2.75) is 26.8 Å². The monoisotopic (exact) mass is 165 g/mol. The molecule has 0 heterocycles. The first-order valence-electron chi connectivity index (χ1n) is 4.11. The molecular formula is C10H15NO. The maximum atomic E-state index is 8.72. The zero-order valence-corrected chi connectivity index (χ0v) is 7.76. The zero-order chi connectivity index (χ0) is 9.14. The van der Waals surface area contributed by atoms with Crippen LogP contribution in [0.4, 0.5) is 0 Å². The van der Waals surface area contributed by atoms with E-state index in [4.69, 9.17) is 5.21 Å². The van der Waals surface area contributed by atoms with E-state index in [1.54, 1.807) is 0 Å². The Kier molecular flexibility index (Phi) is 2.84. The molecule has 0 spiro atoms. The fraction of sp³-hybridized carbons (Fsp3) is 0.400. The van der Waals surface area contributed by atoms with E-state index >= 15 is 0 Å². The first-order valence-corrected chi connectivity index (χ1v) is 4.11. The predicted octanol–water partition coefficient (Wildman–Crippen LogP) is 2.34. The van der Waals surface area contributed by atoms with E-state index in [0.717, 1.165) is 5.56 Å². The van der Waals surface area contributed by atoms with E-state index in [2.05, 4.69) is 37.5 Å². The fourth-order valence-corrected chi connectivity index (χ4v) is 1.33. The number of aryl methyl sites for hydroxylation is 2. The van der Waals surface area contributed by atoms with Crippen LogP contribution in [0.15, 0.2) is 18.2 Å². The molecule has 0 aliphatic rings. The fourth-order valence-electron chi connectivity index (χ4n) is 1.33. The Labute approximate surface area is 73.2 Å². The van der Waals surface area contributed by atoms with Crippen molar-refractivity contribution in [2.75, 3.05) is 0 Å². The molecular weight excluding hydrogens is 150 g/mol. The van der Waals surface area contributed by atoms with Gasteiger partial charge in [-0.15, -0.1) is 0 Å². The second kappa shape index (κ2) is 3.70. The molecule has 1 unspecified atom stereocenters. The van der Waals surface area contributed by atoms with E-state index in [0.29, 0.717) is 0 Å². The maximum absolute atomic E-state index is 8.72. The first-order chi connectivity index (χ1) is 5.63. The van der Waals surface area contributed by atoms with Gasteiger partial charge in [0.1, 0.15) is 0 Å². The molecule has 66 valence electrons. The lowest BCUT2D eigenvalue weighted by Crippen LogP contribution is -2.13. The minimum absolute atomic E-state index is 0.00333. The summed E-state index contributed by atoms with van der Waals surface area (Å²) in [6, 6.07) is 6.26. The maximum Gasteiger partial charge on any atom is 0.0540 e. The van der Waals surface area contributed by atoms with Crippen molar-refractivity contribution in [3.05, 3.63) is 34.9 Å². The summed E-state index contributed by atoms with van der Waals surface area (Å²) in [6.07, 6.45) is 0. The van der Waals surface area contributed by atoms with Gasteiger partial charge in [0.2, 0.25) is 0 Å². The van der Waals surface area contributed by atoms with Gasteiger partial charge in [-0.3, -0.25) is 0 Å². The highest BCUT2D eigenvalue weighted by molar-refractivity contribution is 5.30. The Morgan fingerprint density at radius 3 is 2.08 bits per heavy atom. The van der Waals surface area contributed by atoms with Crippen LogP contribution >= 0.6 is 0 Å². The van der Waals surface area contributed by atoms with E-state index in [1.165, 1.54) is 11.1 Å². The van der Waals surface area contributed by atoms with Crippen LogP contribution in [0.1, 0.15) is 29.7 Å². The highest BCUT2D eigenvalue weighted by Crippen LogP contribution is 2.15. The van der Waals surface area contributed by atoms with Gasteiger partial charge < -0.3 is 5.21 Å². The van der Waals surface area contributed by atoms with Crippen molar-refractivity contribution in [2.24, 2.45) is 0 Å². The van der Waals surface area contributed by atoms with Gasteiger partial charge in [0.25, 0.3) is 0 Å². The molecule has 0 radical (unpaired) electrons. The van der Waals surface area contributed by atoms with Crippen LogP contribution in [0.2, 0.25) is 0 Å².